The third kappa shape index (κ3) is 3.51. The Morgan fingerprint density at radius 3 is 2.57 bits per heavy atom. The monoisotopic (exact) mass is 189 g/mol. The van der Waals surface area contributed by atoms with Gasteiger partial charge in [-0.3, -0.25) is 0 Å². The maximum atomic E-state index is 5.05. The Labute approximate surface area is 85.0 Å². The van der Waals surface area contributed by atoms with Gasteiger partial charge in [0.05, 0.1) is 0 Å². The first-order chi connectivity index (χ1) is 6.51. The largest absolute Gasteiger partial charge is 0.411 e. The lowest BCUT2D eigenvalue weighted by molar-refractivity contribution is 0.334. The molecule has 0 aliphatic carbocycles. The van der Waals surface area contributed by atoms with E-state index in [4.69, 9.17) is 5.90 Å². The van der Waals surface area contributed by atoms with Crippen LogP contribution >= 0.6 is 0 Å². The average Bonchev–Trinajstić information content (AvgIpc) is 2.14. The molecule has 0 atom stereocenters. The molecule has 2 nitrogen and oxygen atoms in total. The summed E-state index contributed by atoms with van der Waals surface area (Å²) < 4.78 is 0. The quantitative estimate of drug-likeness (QED) is 0.543. The van der Waals surface area contributed by atoms with Gasteiger partial charge in [-0.25, -0.2) is 0 Å². The Morgan fingerprint density at radius 2 is 2.00 bits per heavy atom. The van der Waals surface area contributed by atoms with E-state index in [1.807, 2.05) is 18.2 Å². The van der Waals surface area contributed by atoms with Gasteiger partial charge in [0.25, 0.3) is 0 Å². The smallest absolute Gasteiger partial charge is 0.148 e. The van der Waals surface area contributed by atoms with Crippen LogP contribution in [-0.2, 0) is 0 Å². The molecule has 1 aromatic rings. The van der Waals surface area contributed by atoms with E-state index in [1.165, 1.54) is 0 Å². The third-order valence-corrected chi connectivity index (χ3v) is 1.55. The molecule has 0 radical (unpaired) electrons. The van der Waals surface area contributed by atoms with E-state index in [0.29, 0.717) is 5.75 Å². The first-order valence-corrected chi connectivity index (χ1v) is 4.51. The predicted octanol–water partition coefficient (Wildman–Crippen LogP) is 2.34. The summed E-state index contributed by atoms with van der Waals surface area (Å²) in [5, 5.41) is 0. The Kier molecular flexibility index (Phi) is 3.16. The van der Waals surface area contributed by atoms with Crippen LogP contribution in [0.5, 0.6) is 5.75 Å². The summed E-state index contributed by atoms with van der Waals surface area (Å²) in [6, 6.07) is 7.41. The Morgan fingerprint density at radius 1 is 1.29 bits per heavy atom. The van der Waals surface area contributed by atoms with Gasteiger partial charge in [-0.05, 0) is 39.0 Å². The molecule has 2 N–H and O–H groups in total. The minimum absolute atomic E-state index is 0.0135. The molecule has 0 unspecified atom stereocenters. The van der Waals surface area contributed by atoms with Crippen LogP contribution in [-0.4, -0.2) is 0 Å². The van der Waals surface area contributed by atoms with Crippen molar-refractivity contribution in [2.45, 2.75) is 20.8 Å². The van der Waals surface area contributed by atoms with Crippen molar-refractivity contribution >= 4 is 0 Å². The van der Waals surface area contributed by atoms with Gasteiger partial charge in [-0.15, -0.1) is 0 Å². The molecular weight excluding hydrogens is 174 g/mol. The number of benzene rings is 1. The van der Waals surface area contributed by atoms with E-state index in [-0.39, 0.29) is 5.41 Å². The van der Waals surface area contributed by atoms with Crippen molar-refractivity contribution in [1.29, 1.82) is 0 Å². The molecular formula is C12H15NO. The maximum Gasteiger partial charge on any atom is 0.148 e. The first-order valence-electron chi connectivity index (χ1n) is 4.51. The van der Waals surface area contributed by atoms with Crippen molar-refractivity contribution in [3.05, 3.63) is 29.8 Å². The van der Waals surface area contributed by atoms with Crippen LogP contribution in [0, 0.1) is 17.3 Å². The Hall–Kier alpha value is -1.46. The van der Waals surface area contributed by atoms with E-state index in [1.54, 1.807) is 6.07 Å². The Balaban J connectivity index is 2.90. The van der Waals surface area contributed by atoms with Gasteiger partial charge in [-0.1, -0.05) is 17.9 Å². The predicted molar refractivity (Wildman–Crippen MR) is 57.6 cm³/mol. The molecule has 0 aromatic heterocycles. The molecule has 74 valence electrons. The van der Waals surface area contributed by atoms with Crippen LogP contribution in [0.15, 0.2) is 24.3 Å². The minimum Gasteiger partial charge on any atom is -0.411 e. The van der Waals surface area contributed by atoms with E-state index < -0.39 is 0 Å². The lowest BCUT2D eigenvalue weighted by atomic mass is 9.97. The highest BCUT2D eigenvalue weighted by Crippen LogP contribution is 2.13. The molecule has 0 amide bonds. The van der Waals surface area contributed by atoms with E-state index in [0.717, 1.165) is 5.56 Å². The van der Waals surface area contributed by atoms with Gasteiger partial charge < -0.3 is 4.84 Å². The lowest BCUT2D eigenvalue weighted by Gasteiger charge is -2.06. The van der Waals surface area contributed by atoms with Crippen LogP contribution in [0.4, 0.5) is 0 Å². The summed E-state index contributed by atoms with van der Waals surface area (Å²) in [6.07, 6.45) is 0. The zero-order chi connectivity index (χ0) is 10.6. The molecule has 0 heterocycles. The summed E-state index contributed by atoms with van der Waals surface area (Å²) in [6.45, 7) is 6.22. The van der Waals surface area contributed by atoms with Crippen LogP contribution in [0.2, 0.25) is 0 Å². The third-order valence-electron chi connectivity index (χ3n) is 1.55. The second-order valence-corrected chi connectivity index (χ2v) is 4.15. The second-order valence-electron chi connectivity index (χ2n) is 4.15. The zero-order valence-electron chi connectivity index (χ0n) is 8.79. The average molecular weight is 189 g/mol. The van der Waals surface area contributed by atoms with Gasteiger partial charge in [0.1, 0.15) is 5.75 Å². The van der Waals surface area contributed by atoms with Gasteiger partial charge in [-0.2, -0.15) is 5.90 Å². The molecule has 0 aliphatic rings. The molecule has 0 spiro atoms. The second kappa shape index (κ2) is 4.17. The Bertz CT molecular complexity index is 366. The highest BCUT2D eigenvalue weighted by atomic mass is 16.6. The molecule has 0 fully saturated rings. The van der Waals surface area contributed by atoms with Crippen LogP contribution in [0.1, 0.15) is 26.3 Å². The van der Waals surface area contributed by atoms with Gasteiger partial charge in [0.15, 0.2) is 0 Å². The number of rotatable bonds is 1. The molecule has 0 bridgehead atoms. The SMILES string of the molecule is CC(C)(C)C#Cc1cccc(ON)c1. The molecule has 0 saturated carbocycles. The van der Waals surface area contributed by atoms with Crippen molar-refractivity contribution in [3.63, 3.8) is 0 Å². The summed E-state index contributed by atoms with van der Waals surface area (Å²) in [4.78, 5) is 4.62. The van der Waals surface area contributed by atoms with Crippen molar-refractivity contribution < 1.29 is 4.84 Å². The van der Waals surface area contributed by atoms with Crippen molar-refractivity contribution in [2.75, 3.05) is 0 Å². The fraction of sp³-hybridized carbons (Fsp3) is 0.333. The number of hydrogen-bond acceptors (Lipinski definition) is 2. The molecule has 0 saturated heterocycles. The standard InChI is InChI=1S/C12H15NO/c1-12(2,3)8-7-10-5-4-6-11(9-10)14-13/h4-6,9H,13H2,1-3H3. The van der Waals surface area contributed by atoms with Crippen molar-refractivity contribution in [2.24, 2.45) is 11.3 Å². The van der Waals surface area contributed by atoms with Crippen LogP contribution in [0.3, 0.4) is 0 Å². The minimum atomic E-state index is 0.0135. The van der Waals surface area contributed by atoms with Gasteiger partial charge in [0.2, 0.25) is 0 Å². The topological polar surface area (TPSA) is 35.2 Å². The highest BCUT2D eigenvalue weighted by molar-refractivity contribution is 5.40. The van der Waals surface area contributed by atoms with E-state index >= 15 is 0 Å². The van der Waals surface area contributed by atoms with Crippen LogP contribution in [0.25, 0.3) is 0 Å². The van der Waals surface area contributed by atoms with E-state index in [2.05, 4.69) is 37.4 Å². The number of nitrogens with two attached hydrogens (primary N) is 1. The lowest BCUT2D eigenvalue weighted by Crippen LogP contribution is -2.02. The summed E-state index contributed by atoms with van der Waals surface area (Å²) in [5.74, 6) is 11.9. The maximum absolute atomic E-state index is 5.05. The first kappa shape index (κ1) is 10.6. The zero-order valence-corrected chi connectivity index (χ0v) is 8.79. The van der Waals surface area contributed by atoms with Crippen LogP contribution < -0.4 is 10.7 Å². The van der Waals surface area contributed by atoms with Gasteiger partial charge >= 0.3 is 0 Å². The molecule has 14 heavy (non-hydrogen) atoms. The molecule has 1 rings (SSSR count). The molecule has 2 heteroatoms. The summed E-state index contributed by atoms with van der Waals surface area (Å²) >= 11 is 0. The highest BCUT2D eigenvalue weighted by Gasteiger charge is 2.03. The summed E-state index contributed by atoms with van der Waals surface area (Å²) in [5.41, 5.74) is 0.933. The van der Waals surface area contributed by atoms with Crippen molar-refractivity contribution in [1.82, 2.24) is 0 Å². The fourth-order valence-electron chi connectivity index (χ4n) is 0.907. The fourth-order valence-corrected chi connectivity index (χ4v) is 0.907. The van der Waals surface area contributed by atoms with Crippen molar-refractivity contribution in [3.8, 4) is 17.6 Å². The number of hydrogen-bond donors (Lipinski definition) is 1. The van der Waals surface area contributed by atoms with Gasteiger partial charge in [0, 0.05) is 11.0 Å². The molecule has 0 aliphatic heterocycles. The summed E-state index contributed by atoms with van der Waals surface area (Å²) in [7, 11) is 0. The van der Waals surface area contributed by atoms with E-state index in [9.17, 15) is 0 Å². The normalized spacial score (nSPS) is 10.3. The molecule has 1 aromatic carbocycles.